The number of nitrogens with zero attached hydrogens (tertiary/aromatic N) is 7. The van der Waals surface area contributed by atoms with Crippen LogP contribution in [0.2, 0.25) is 0 Å². The Hall–Kier alpha value is -6.96. The quantitative estimate of drug-likeness (QED) is 0.139. The lowest BCUT2D eigenvalue weighted by Gasteiger charge is -2.20. The van der Waals surface area contributed by atoms with Gasteiger partial charge in [0.1, 0.15) is 76.7 Å². The number of imidazole rings is 2. The SMILES string of the molecule is C.COc1nc(C2=NC(c3cc4c(F)cccc4o3)CON2)ccc1-n1cnc(C)c1.COc1nc(C2=NC(c3cc4c(F)cccc4o3)CON2)ccc1Br.Cc1cnc[nH]1. The minimum atomic E-state index is -0.434. The molecule has 3 N–H and O–H groups in total. The lowest BCUT2D eigenvalue weighted by molar-refractivity contribution is 0.0580. The Morgan fingerprint density at radius 3 is 1.79 bits per heavy atom. The number of benzene rings is 2. The summed E-state index contributed by atoms with van der Waals surface area (Å²) in [4.78, 5) is 39.9. The van der Waals surface area contributed by atoms with Gasteiger partial charge in [0.15, 0.2) is 11.7 Å². The number of hydrogen-bond acceptors (Lipinski definition) is 14. The third kappa shape index (κ3) is 9.49. The standard InChI is InChI=1S/C21H18FN5O3.C17H13BrFN3O3.C4H6N2.CH4/c1-12-9-27(11-23-12)17-7-6-15(25-21(17)28-2)20-24-16(10-29-26-20)19-8-13-14(22)4-3-5-18(13)30-19;1-23-17-10(18)5-6-12(21-17)16-20-13(8-24-22-16)15-7-9-11(19)3-2-4-14(9)25-15;1-4-2-5-3-6-4;/h3-9,11,16H,10H2,1-2H3,(H,24,26);2-7,13H,8H2,1H3,(H,20,22);2-3H,1H3,(H,5,6);1H4. The first-order chi connectivity index (χ1) is 29.7. The van der Waals surface area contributed by atoms with Crippen molar-refractivity contribution < 1.29 is 36.8 Å². The van der Waals surface area contributed by atoms with Gasteiger partial charge >= 0.3 is 0 Å². The Kier molecular flexibility index (Phi) is 13.3. The summed E-state index contributed by atoms with van der Waals surface area (Å²) in [6.07, 6.45) is 7.02. The highest BCUT2D eigenvalue weighted by Gasteiger charge is 2.25. The highest BCUT2D eigenvalue weighted by Crippen LogP contribution is 2.32. The first kappa shape index (κ1) is 43.1. The Morgan fingerprint density at radius 1 is 0.758 bits per heavy atom. The van der Waals surface area contributed by atoms with Gasteiger partial charge in [-0.1, -0.05) is 19.6 Å². The van der Waals surface area contributed by atoms with E-state index in [9.17, 15) is 8.78 Å². The maximum absolute atomic E-state index is 14.0. The number of methoxy groups -OCH3 is 2. The van der Waals surface area contributed by atoms with Gasteiger partial charge in [0, 0.05) is 18.1 Å². The fraction of sp³-hybridized carbons (Fsp3) is 0.209. The minimum Gasteiger partial charge on any atom is -0.480 e. The predicted octanol–water partition coefficient (Wildman–Crippen LogP) is 8.61. The number of pyridine rings is 2. The van der Waals surface area contributed by atoms with E-state index >= 15 is 0 Å². The fourth-order valence-corrected chi connectivity index (χ4v) is 6.63. The van der Waals surface area contributed by atoms with Gasteiger partial charge in [-0.3, -0.25) is 19.7 Å². The van der Waals surface area contributed by atoms with E-state index in [2.05, 4.69) is 61.8 Å². The molecule has 2 aliphatic heterocycles. The van der Waals surface area contributed by atoms with Crippen molar-refractivity contribution in [3.05, 3.63) is 148 Å². The largest absolute Gasteiger partial charge is 0.480 e. The van der Waals surface area contributed by atoms with E-state index in [-0.39, 0.29) is 32.3 Å². The number of fused-ring (bicyclic) bond motifs is 2. The molecule has 19 heteroatoms. The van der Waals surface area contributed by atoms with Crippen molar-refractivity contribution in [3.8, 4) is 17.4 Å². The number of nitrogens with one attached hydrogen (secondary N) is 3. The van der Waals surface area contributed by atoms with Gasteiger partial charge in [0.05, 0.1) is 47.8 Å². The molecule has 2 unspecified atom stereocenters. The Labute approximate surface area is 362 Å². The molecule has 8 aromatic rings. The number of hydrogen-bond donors (Lipinski definition) is 3. The molecule has 0 fully saturated rings. The molecular weight excluding hydrogens is 870 g/mol. The van der Waals surface area contributed by atoms with Crippen LogP contribution < -0.4 is 20.4 Å². The van der Waals surface area contributed by atoms with E-state index in [1.165, 1.54) is 19.2 Å². The molecule has 16 nitrogen and oxygen atoms in total. The van der Waals surface area contributed by atoms with Gasteiger partial charge in [-0.15, -0.1) is 0 Å². The molecular formula is C43H41BrF2N10O6. The number of aliphatic imine (C=N–C) groups is 2. The normalized spacial score (nSPS) is 15.7. The number of halogens is 3. The van der Waals surface area contributed by atoms with Crippen LogP contribution in [0, 0.1) is 25.5 Å². The van der Waals surface area contributed by atoms with E-state index in [1.54, 1.807) is 68.4 Å². The zero-order chi connectivity index (χ0) is 42.5. The van der Waals surface area contributed by atoms with Crippen molar-refractivity contribution in [2.24, 2.45) is 9.98 Å². The van der Waals surface area contributed by atoms with E-state index in [4.69, 9.17) is 28.0 Å². The van der Waals surface area contributed by atoms with Crippen molar-refractivity contribution in [1.29, 1.82) is 0 Å². The number of hydroxylamine groups is 2. The molecule has 8 heterocycles. The van der Waals surface area contributed by atoms with Gasteiger partial charge in [0.2, 0.25) is 11.8 Å². The smallest absolute Gasteiger partial charge is 0.238 e. The van der Waals surface area contributed by atoms with Crippen molar-refractivity contribution in [2.45, 2.75) is 33.4 Å². The Bertz CT molecular complexity index is 2860. The van der Waals surface area contributed by atoms with Gasteiger partial charge in [-0.25, -0.2) is 39.7 Å². The van der Waals surface area contributed by atoms with Crippen molar-refractivity contribution in [1.82, 2.24) is 40.4 Å². The van der Waals surface area contributed by atoms with Crippen LogP contribution in [-0.2, 0) is 9.68 Å². The van der Waals surface area contributed by atoms with Crippen LogP contribution in [0.3, 0.4) is 0 Å². The van der Waals surface area contributed by atoms with Crippen LogP contribution in [0.25, 0.3) is 27.6 Å². The molecule has 2 atom stereocenters. The zero-order valence-electron chi connectivity index (χ0n) is 33.0. The highest BCUT2D eigenvalue weighted by molar-refractivity contribution is 9.10. The highest BCUT2D eigenvalue weighted by atomic mass is 79.9. The number of rotatable bonds is 7. The maximum atomic E-state index is 14.0. The molecule has 6 aromatic heterocycles. The van der Waals surface area contributed by atoms with Crippen molar-refractivity contribution >= 4 is 49.5 Å². The van der Waals surface area contributed by atoms with Gasteiger partial charge in [0.25, 0.3) is 0 Å². The van der Waals surface area contributed by atoms with E-state index in [0.717, 1.165) is 21.5 Å². The molecule has 0 spiro atoms. The number of H-pyrrole nitrogens is 1. The lowest BCUT2D eigenvalue weighted by Crippen LogP contribution is -2.33. The molecule has 2 aromatic carbocycles. The summed E-state index contributed by atoms with van der Waals surface area (Å²) in [5.74, 6) is 2.12. The number of aryl methyl sites for hydroxylation is 2. The second-order valence-electron chi connectivity index (χ2n) is 13.5. The summed E-state index contributed by atoms with van der Waals surface area (Å²) in [6, 6.07) is 19.2. The number of furan rings is 2. The summed E-state index contributed by atoms with van der Waals surface area (Å²) in [6.45, 7) is 4.38. The van der Waals surface area contributed by atoms with Crippen molar-refractivity contribution in [2.75, 3.05) is 27.4 Å². The van der Waals surface area contributed by atoms with Crippen molar-refractivity contribution in [3.63, 3.8) is 0 Å². The number of amidine groups is 2. The second kappa shape index (κ2) is 19.2. The molecule has 0 radical (unpaired) electrons. The molecule has 0 amide bonds. The molecule has 0 saturated heterocycles. The maximum Gasteiger partial charge on any atom is 0.238 e. The van der Waals surface area contributed by atoms with Gasteiger partial charge in [-0.05, 0) is 90.4 Å². The van der Waals surface area contributed by atoms with Crippen LogP contribution in [-0.4, -0.2) is 68.6 Å². The molecule has 0 saturated carbocycles. The average molecular weight is 912 g/mol. The number of ether oxygens (including phenoxy) is 2. The first-order valence-electron chi connectivity index (χ1n) is 18.7. The third-order valence-corrected chi connectivity index (χ3v) is 9.86. The third-order valence-electron chi connectivity index (χ3n) is 9.25. The zero-order valence-corrected chi connectivity index (χ0v) is 34.6. The number of aromatic nitrogens is 6. The van der Waals surface area contributed by atoms with E-state index < -0.39 is 12.1 Å². The summed E-state index contributed by atoms with van der Waals surface area (Å²) >= 11 is 3.36. The summed E-state index contributed by atoms with van der Waals surface area (Å²) in [7, 11) is 3.09. The fourth-order valence-electron chi connectivity index (χ4n) is 6.25. The monoisotopic (exact) mass is 910 g/mol. The molecule has 0 aliphatic carbocycles. The molecule has 320 valence electrons. The number of aromatic amines is 1. The van der Waals surface area contributed by atoms with Gasteiger partial charge in [-0.2, -0.15) is 0 Å². The molecule has 0 bridgehead atoms. The average Bonchev–Trinajstić information content (AvgIpc) is 4.13. The minimum absolute atomic E-state index is 0. The lowest BCUT2D eigenvalue weighted by atomic mass is 10.2. The molecule has 10 rings (SSSR count). The summed E-state index contributed by atoms with van der Waals surface area (Å²) < 4.78 is 52.6. The first-order valence-corrected chi connectivity index (χ1v) is 19.5. The van der Waals surface area contributed by atoms with E-state index in [0.29, 0.717) is 68.3 Å². The molecule has 62 heavy (non-hydrogen) atoms. The second-order valence-corrected chi connectivity index (χ2v) is 14.3. The van der Waals surface area contributed by atoms with Crippen LogP contribution >= 0.6 is 15.9 Å². The predicted molar refractivity (Wildman–Crippen MR) is 230 cm³/mol. The molecule has 2 aliphatic rings. The van der Waals surface area contributed by atoms with E-state index in [1.807, 2.05) is 42.8 Å². The van der Waals surface area contributed by atoms with Crippen LogP contribution in [0.5, 0.6) is 11.8 Å². The van der Waals surface area contributed by atoms with Crippen LogP contribution in [0.1, 0.15) is 53.8 Å². The van der Waals surface area contributed by atoms with Crippen LogP contribution in [0.15, 0.2) is 121 Å². The summed E-state index contributed by atoms with van der Waals surface area (Å²) in [5.41, 5.74) is 10.3. The van der Waals surface area contributed by atoms with Gasteiger partial charge < -0.3 is 27.9 Å². The summed E-state index contributed by atoms with van der Waals surface area (Å²) in [5, 5.41) is 0.846. The van der Waals surface area contributed by atoms with Crippen LogP contribution in [0.4, 0.5) is 8.78 Å². The Balaban J connectivity index is 0.000000164. The Morgan fingerprint density at radius 2 is 1.32 bits per heavy atom. The topological polar surface area (TPSA) is 184 Å².